The number of thiophene rings is 1. The maximum Gasteiger partial charge on any atom is 0.231 e. The first-order valence-electron chi connectivity index (χ1n) is 6.15. The average Bonchev–Trinajstić information content (AvgIpc) is 2.90. The maximum absolute atomic E-state index is 5.94. The number of hydrogen-bond donors (Lipinski definition) is 1. The van der Waals surface area contributed by atoms with E-state index in [2.05, 4.69) is 40.2 Å². The minimum Gasteiger partial charge on any atom is -0.349 e. The average molecular weight is 298 g/mol. The third-order valence-electron chi connectivity index (χ3n) is 2.64. The van der Waals surface area contributed by atoms with Gasteiger partial charge in [-0.25, -0.2) is 0 Å². The molecule has 0 aliphatic heterocycles. The van der Waals surface area contributed by atoms with E-state index in [1.807, 2.05) is 16.3 Å². The molecule has 0 amide bonds. The Balaban J connectivity index is 2.12. The highest BCUT2D eigenvalue weighted by atomic mass is 35.5. The Morgan fingerprint density at radius 3 is 2.68 bits per heavy atom. The molecule has 0 saturated heterocycles. The summed E-state index contributed by atoms with van der Waals surface area (Å²) >= 11 is 7.63. The fourth-order valence-corrected chi connectivity index (χ4v) is 2.45. The molecule has 5 nitrogen and oxygen atoms in total. The van der Waals surface area contributed by atoms with Gasteiger partial charge in [-0.2, -0.15) is 15.0 Å². The SMILES string of the molecule is CCN(CC)c1nc(Cl)nc(NCc2cccs2)n1. The molecule has 0 fully saturated rings. The normalized spacial score (nSPS) is 10.5. The van der Waals surface area contributed by atoms with Crippen LogP contribution in [0.1, 0.15) is 18.7 Å². The molecule has 0 bridgehead atoms. The van der Waals surface area contributed by atoms with Crippen LogP contribution in [-0.4, -0.2) is 28.0 Å². The van der Waals surface area contributed by atoms with E-state index < -0.39 is 0 Å². The van der Waals surface area contributed by atoms with Crippen LogP contribution < -0.4 is 10.2 Å². The first kappa shape index (κ1) is 14.0. The first-order chi connectivity index (χ1) is 9.22. The van der Waals surface area contributed by atoms with Crippen molar-refractivity contribution in [2.45, 2.75) is 20.4 Å². The Morgan fingerprint density at radius 1 is 1.26 bits per heavy atom. The molecule has 0 aliphatic rings. The van der Waals surface area contributed by atoms with Gasteiger partial charge in [-0.1, -0.05) is 6.07 Å². The van der Waals surface area contributed by atoms with E-state index in [9.17, 15) is 0 Å². The van der Waals surface area contributed by atoms with Crippen molar-refractivity contribution in [3.8, 4) is 0 Å². The van der Waals surface area contributed by atoms with Crippen LogP contribution in [0.4, 0.5) is 11.9 Å². The first-order valence-corrected chi connectivity index (χ1v) is 7.41. The van der Waals surface area contributed by atoms with Gasteiger partial charge in [-0.05, 0) is 36.9 Å². The molecule has 0 radical (unpaired) electrons. The summed E-state index contributed by atoms with van der Waals surface area (Å²) in [6, 6.07) is 4.08. The topological polar surface area (TPSA) is 53.9 Å². The van der Waals surface area contributed by atoms with Crippen LogP contribution in [0.5, 0.6) is 0 Å². The largest absolute Gasteiger partial charge is 0.349 e. The summed E-state index contributed by atoms with van der Waals surface area (Å²) in [7, 11) is 0. The molecule has 2 aromatic heterocycles. The molecule has 0 spiro atoms. The zero-order valence-corrected chi connectivity index (χ0v) is 12.5. The molecule has 1 N–H and O–H groups in total. The van der Waals surface area contributed by atoms with E-state index in [0.717, 1.165) is 13.1 Å². The van der Waals surface area contributed by atoms with Crippen molar-refractivity contribution in [2.24, 2.45) is 0 Å². The second-order valence-electron chi connectivity index (χ2n) is 3.83. The summed E-state index contributed by atoms with van der Waals surface area (Å²) in [6.07, 6.45) is 0. The van der Waals surface area contributed by atoms with E-state index in [1.165, 1.54) is 4.88 Å². The highest BCUT2D eigenvalue weighted by Gasteiger charge is 2.09. The van der Waals surface area contributed by atoms with Crippen LogP contribution in [0, 0.1) is 0 Å². The molecular formula is C12H16ClN5S. The number of nitrogens with one attached hydrogen (secondary N) is 1. The Hall–Kier alpha value is -1.40. The summed E-state index contributed by atoms with van der Waals surface area (Å²) in [5.41, 5.74) is 0. The molecule has 0 unspecified atom stereocenters. The Bertz CT molecular complexity index is 513. The summed E-state index contributed by atoms with van der Waals surface area (Å²) in [4.78, 5) is 15.9. The number of rotatable bonds is 6. The number of hydrogen-bond acceptors (Lipinski definition) is 6. The number of aromatic nitrogens is 3. The van der Waals surface area contributed by atoms with E-state index in [1.54, 1.807) is 11.3 Å². The monoisotopic (exact) mass is 297 g/mol. The Morgan fingerprint density at radius 2 is 2.05 bits per heavy atom. The smallest absolute Gasteiger partial charge is 0.231 e. The predicted molar refractivity (Wildman–Crippen MR) is 80.0 cm³/mol. The summed E-state index contributed by atoms with van der Waals surface area (Å²) in [5.74, 6) is 1.12. The van der Waals surface area contributed by atoms with Gasteiger partial charge in [0.05, 0.1) is 6.54 Å². The van der Waals surface area contributed by atoms with Gasteiger partial charge in [0.25, 0.3) is 0 Å². The van der Waals surface area contributed by atoms with E-state index >= 15 is 0 Å². The van der Waals surface area contributed by atoms with Crippen molar-refractivity contribution < 1.29 is 0 Å². The van der Waals surface area contributed by atoms with Crippen LogP contribution in [-0.2, 0) is 6.54 Å². The lowest BCUT2D eigenvalue weighted by atomic mass is 10.5. The zero-order chi connectivity index (χ0) is 13.7. The number of nitrogens with zero attached hydrogens (tertiary/aromatic N) is 4. The minimum absolute atomic E-state index is 0.213. The van der Waals surface area contributed by atoms with Crippen LogP contribution in [0.25, 0.3) is 0 Å². The van der Waals surface area contributed by atoms with E-state index in [-0.39, 0.29) is 5.28 Å². The van der Waals surface area contributed by atoms with Gasteiger partial charge < -0.3 is 10.2 Å². The van der Waals surface area contributed by atoms with Gasteiger partial charge in [-0.15, -0.1) is 11.3 Å². The molecule has 0 saturated carbocycles. The third kappa shape index (κ3) is 3.78. The molecule has 2 rings (SSSR count). The fourth-order valence-electron chi connectivity index (χ4n) is 1.65. The third-order valence-corrected chi connectivity index (χ3v) is 3.69. The maximum atomic E-state index is 5.94. The molecule has 0 aromatic carbocycles. The minimum atomic E-state index is 0.213. The van der Waals surface area contributed by atoms with Crippen LogP contribution in [0.15, 0.2) is 17.5 Å². The van der Waals surface area contributed by atoms with Crippen molar-refractivity contribution in [3.05, 3.63) is 27.7 Å². The standard InChI is InChI=1S/C12H16ClN5S/c1-3-18(4-2)12-16-10(13)15-11(17-12)14-8-9-6-5-7-19-9/h5-7H,3-4,8H2,1-2H3,(H,14,15,16,17). The molecule has 2 aromatic rings. The van der Waals surface area contributed by atoms with Crippen molar-refractivity contribution in [3.63, 3.8) is 0 Å². The van der Waals surface area contributed by atoms with E-state index in [4.69, 9.17) is 11.6 Å². The fraction of sp³-hybridized carbons (Fsp3) is 0.417. The summed E-state index contributed by atoms with van der Waals surface area (Å²) < 4.78 is 0. The molecule has 19 heavy (non-hydrogen) atoms. The zero-order valence-electron chi connectivity index (χ0n) is 10.9. The summed E-state index contributed by atoms with van der Waals surface area (Å²) in [6.45, 7) is 6.47. The van der Waals surface area contributed by atoms with Gasteiger partial charge in [0.2, 0.25) is 17.2 Å². The predicted octanol–water partition coefficient (Wildman–Crippen LogP) is 3.04. The van der Waals surface area contributed by atoms with Crippen molar-refractivity contribution in [1.29, 1.82) is 0 Å². The lowest BCUT2D eigenvalue weighted by molar-refractivity contribution is 0.811. The Labute approximate surface area is 121 Å². The summed E-state index contributed by atoms with van der Waals surface area (Å²) in [5, 5.41) is 5.42. The van der Waals surface area contributed by atoms with Gasteiger partial charge in [0.15, 0.2) is 0 Å². The number of anilines is 2. The van der Waals surface area contributed by atoms with E-state index in [0.29, 0.717) is 18.4 Å². The Kier molecular flexibility index (Phi) is 4.93. The molecule has 2 heterocycles. The molecular weight excluding hydrogens is 282 g/mol. The van der Waals surface area contributed by atoms with Crippen molar-refractivity contribution in [1.82, 2.24) is 15.0 Å². The van der Waals surface area contributed by atoms with Crippen molar-refractivity contribution >= 4 is 34.8 Å². The highest BCUT2D eigenvalue weighted by Crippen LogP contribution is 2.15. The molecule has 7 heteroatoms. The van der Waals surface area contributed by atoms with Gasteiger partial charge in [-0.3, -0.25) is 0 Å². The number of halogens is 1. The quantitative estimate of drug-likeness (QED) is 0.888. The second kappa shape index (κ2) is 6.68. The molecule has 102 valence electrons. The van der Waals surface area contributed by atoms with Crippen molar-refractivity contribution in [2.75, 3.05) is 23.3 Å². The lowest BCUT2D eigenvalue weighted by Crippen LogP contribution is -2.25. The molecule has 0 atom stereocenters. The second-order valence-corrected chi connectivity index (χ2v) is 5.20. The van der Waals surface area contributed by atoms with Crippen LogP contribution in [0.2, 0.25) is 5.28 Å². The lowest BCUT2D eigenvalue weighted by Gasteiger charge is -2.18. The van der Waals surface area contributed by atoms with Gasteiger partial charge in [0, 0.05) is 18.0 Å². The van der Waals surface area contributed by atoms with Crippen LogP contribution in [0.3, 0.4) is 0 Å². The van der Waals surface area contributed by atoms with Crippen LogP contribution >= 0.6 is 22.9 Å². The van der Waals surface area contributed by atoms with Gasteiger partial charge in [0.1, 0.15) is 0 Å². The molecule has 0 aliphatic carbocycles. The highest BCUT2D eigenvalue weighted by molar-refractivity contribution is 7.09. The van der Waals surface area contributed by atoms with Gasteiger partial charge >= 0.3 is 0 Å².